The lowest BCUT2D eigenvalue weighted by Gasteiger charge is -2.35. The molecule has 1 aromatic rings. The number of urea groups is 1. The van der Waals surface area contributed by atoms with Crippen LogP contribution in [0, 0.1) is 17.3 Å². The highest BCUT2D eigenvalue weighted by molar-refractivity contribution is 7.15. The molecular formula is C19H29N3O3S. The summed E-state index contributed by atoms with van der Waals surface area (Å²) in [7, 11) is 0. The van der Waals surface area contributed by atoms with E-state index in [1.54, 1.807) is 16.2 Å². The molecule has 26 heavy (non-hydrogen) atoms. The highest BCUT2D eigenvalue weighted by atomic mass is 32.1. The van der Waals surface area contributed by atoms with E-state index in [1.807, 2.05) is 0 Å². The van der Waals surface area contributed by atoms with Gasteiger partial charge in [-0.05, 0) is 43.4 Å². The summed E-state index contributed by atoms with van der Waals surface area (Å²) in [4.78, 5) is 31.1. The molecule has 2 N–H and O–H groups in total. The number of hydrogen-bond donors (Lipinski definition) is 2. The van der Waals surface area contributed by atoms with Gasteiger partial charge in [0.2, 0.25) is 0 Å². The summed E-state index contributed by atoms with van der Waals surface area (Å²) in [5.41, 5.74) is 1.47. The summed E-state index contributed by atoms with van der Waals surface area (Å²) in [6.45, 7) is 7.91. The maximum absolute atomic E-state index is 12.5. The molecule has 3 rings (SSSR count). The molecule has 2 aliphatic rings. The zero-order chi connectivity index (χ0) is 18.9. The fraction of sp³-hybridized carbons (Fsp3) is 0.737. The van der Waals surface area contributed by atoms with E-state index in [1.165, 1.54) is 11.3 Å². The number of rotatable bonds is 4. The number of aromatic nitrogens is 1. The fourth-order valence-electron chi connectivity index (χ4n) is 3.88. The van der Waals surface area contributed by atoms with Crippen molar-refractivity contribution in [3.8, 4) is 0 Å². The third-order valence-electron chi connectivity index (χ3n) is 6.30. The van der Waals surface area contributed by atoms with Crippen molar-refractivity contribution in [2.45, 2.75) is 59.3 Å². The first kappa shape index (κ1) is 19.1. The van der Waals surface area contributed by atoms with Crippen LogP contribution >= 0.6 is 11.3 Å². The number of amides is 2. The molecule has 1 unspecified atom stereocenters. The van der Waals surface area contributed by atoms with E-state index in [9.17, 15) is 9.59 Å². The topological polar surface area (TPSA) is 82.5 Å². The zero-order valence-electron chi connectivity index (χ0n) is 15.9. The lowest BCUT2D eigenvalue weighted by Crippen LogP contribution is -2.42. The maximum Gasteiger partial charge on any atom is 0.323 e. The number of nitrogens with zero attached hydrogens (tertiary/aromatic N) is 2. The second kappa shape index (κ2) is 7.55. The molecule has 1 atom stereocenters. The lowest BCUT2D eigenvalue weighted by atomic mass is 9.70. The Morgan fingerprint density at radius 1 is 1.31 bits per heavy atom. The van der Waals surface area contributed by atoms with Crippen LogP contribution in [0.1, 0.15) is 57.0 Å². The first-order valence-corrected chi connectivity index (χ1v) is 10.4. The van der Waals surface area contributed by atoms with E-state index >= 15 is 0 Å². The second-order valence-corrected chi connectivity index (χ2v) is 9.28. The number of nitrogens with one attached hydrogen (secondary N) is 1. The third kappa shape index (κ3) is 4.03. The van der Waals surface area contributed by atoms with Gasteiger partial charge in [-0.15, -0.1) is 11.3 Å². The van der Waals surface area contributed by atoms with E-state index < -0.39 is 5.97 Å². The van der Waals surface area contributed by atoms with Gasteiger partial charge in [-0.3, -0.25) is 10.1 Å². The Kier molecular flexibility index (Phi) is 5.55. The molecule has 1 saturated heterocycles. The van der Waals surface area contributed by atoms with Crippen LogP contribution in [0.3, 0.4) is 0 Å². The molecule has 7 heteroatoms. The number of carboxylic acid groups (broad SMARTS) is 1. The van der Waals surface area contributed by atoms with Crippen LogP contribution in [0.2, 0.25) is 0 Å². The van der Waals surface area contributed by atoms with E-state index in [0.717, 1.165) is 25.0 Å². The number of carboxylic acids is 1. The van der Waals surface area contributed by atoms with Gasteiger partial charge in [0.15, 0.2) is 5.13 Å². The molecule has 2 heterocycles. The van der Waals surface area contributed by atoms with Crippen molar-refractivity contribution in [3.63, 3.8) is 0 Å². The van der Waals surface area contributed by atoms with E-state index in [-0.39, 0.29) is 11.9 Å². The molecule has 0 bridgehead atoms. The summed E-state index contributed by atoms with van der Waals surface area (Å²) in [5, 5.41) is 12.7. The van der Waals surface area contributed by atoms with Crippen LogP contribution in [0.4, 0.5) is 9.93 Å². The Morgan fingerprint density at radius 3 is 2.62 bits per heavy atom. The minimum atomic E-state index is -0.762. The molecule has 1 aliphatic heterocycles. The highest BCUT2D eigenvalue weighted by Crippen LogP contribution is 2.42. The smallest absolute Gasteiger partial charge is 0.323 e. The monoisotopic (exact) mass is 379 g/mol. The maximum atomic E-state index is 12.5. The normalized spacial score (nSPS) is 21.3. The Balaban J connectivity index is 1.59. The van der Waals surface area contributed by atoms with Crippen LogP contribution in [0.15, 0.2) is 0 Å². The lowest BCUT2D eigenvalue weighted by molar-refractivity contribution is -0.143. The molecular weight excluding hydrogens is 350 g/mol. The van der Waals surface area contributed by atoms with Gasteiger partial charge in [0.05, 0.1) is 11.6 Å². The van der Waals surface area contributed by atoms with Gasteiger partial charge >= 0.3 is 12.0 Å². The Labute approximate surface area is 159 Å². The van der Waals surface area contributed by atoms with Crippen LogP contribution < -0.4 is 5.32 Å². The van der Waals surface area contributed by atoms with E-state index in [0.29, 0.717) is 42.4 Å². The molecule has 2 amide bonds. The van der Waals surface area contributed by atoms with Gasteiger partial charge in [-0.25, -0.2) is 9.78 Å². The van der Waals surface area contributed by atoms with Crippen LogP contribution in [0.25, 0.3) is 0 Å². The molecule has 1 aliphatic carbocycles. The zero-order valence-corrected chi connectivity index (χ0v) is 16.7. The van der Waals surface area contributed by atoms with Gasteiger partial charge < -0.3 is 10.0 Å². The summed E-state index contributed by atoms with van der Waals surface area (Å²) in [6, 6.07) is -0.162. The van der Waals surface area contributed by atoms with Crippen molar-refractivity contribution in [2.75, 3.05) is 18.4 Å². The van der Waals surface area contributed by atoms with Gasteiger partial charge in [-0.2, -0.15) is 0 Å². The number of anilines is 1. The summed E-state index contributed by atoms with van der Waals surface area (Å²) >= 11 is 1.60. The molecule has 1 fully saturated rings. The minimum Gasteiger partial charge on any atom is -0.481 e. The average Bonchev–Trinajstić information content (AvgIpc) is 3.03. The highest BCUT2D eigenvalue weighted by Gasteiger charge is 2.33. The van der Waals surface area contributed by atoms with Crippen molar-refractivity contribution < 1.29 is 14.7 Å². The predicted octanol–water partition coefficient (Wildman–Crippen LogP) is 4.01. The number of hydrogen-bond acceptors (Lipinski definition) is 4. The first-order valence-electron chi connectivity index (χ1n) is 9.57. The van der Waals surface area contributed by atoms with Gasteiger partial charge in [-0.1, -0.05) is 27.2 Å². The van der Waals surface area contributed by atoms with E-state index in [2.05, 4.69) is 31.1 Å². The molecule has 144 valence electrons. The van der Waals surface area contributed by atoms with Gasteiger partial charge in [0, 0.05) is 18.0 Å². The Hall–Kier alpha value is -1.63. The fourth-order valence-corrected chi connectivity index (χ4v) is 4.96. The molecule has 0 aromatic carbocycles. The van der Waals surface area contributed by atoms with Crippen molar-refractivity contribution in [3.05, 3.63) is 10.6 Å². The summed E-state index contributed by atoms with van der Waals surface area (Å²) in [6.07, 6.45) is 5.40. The van der Waals surface area contributed by atoms with Crippen LogP contribution in [0.5, 0.6) is 0 Å². The molecule has 6 nitrogen and oxygen atoms in total. The Morgan fingerprint density at radius 2 is 2.00 bits per heavy atom. The quantitative estimate of drug-likeness (QED) is 0.828. The predicted molar refractivity (Wildman–Crippen MR) is 103 cm³/mol. The van der Waals surface area contributed by atoms with Crippen LogP contribution in [-0.2, 0) is 17.6 Å². The number of likely N-dealkylation sites (tertiary alicyclic amines) is 1. The van der Waals surface area contributed by atoms with Crippen molar-refractivity contribution in [1.29, 1.82) is 0 Å². The van der Waals surface area contributed by atoms with Gasteiger partial charge in [0.1, 0.15) is 0 Å². The standard InChI is InChI=1S/C19H29N3O3S/c1-4-19(2,3)13-5-6-14-15(11-13)26-17(20-14)21-18(25)22-9-7-12(8-10-22)16(23)24/h12-13H,4-11H2,1-3H3,(H,23,24)(H,20,21,25). The Bertz CT molecular complexity index is 678. The summed E-state index contributed by atoms with van der Waals surface area (Å²) in [5.74, 6) is -0.425. The van der Waals surface area contributed by atoms with Crippen molar-refractivity contribution >= 4 is 28.5 Å². The number of piperidine rings is 1. The SMILES string of the molecule is CCC(C)(C)C1CCc2nc(NC(=O)N3CCC(C(=O)O)CC3)sc2C1. The number of fused-ring (bicyclic) bond motifs is 1. The third-order valence-corrected chi connectivity index (χ3v) is 7.34. The number of aryl methyl sites for hydroxylation is 1. The van der Waals surface area contributed by atoms with Crippen molar-refractivity contribution in [2.24, 2.45) is 17.3 Å². The van der Waals surface area contributed by atoms with Crippen molar-refractivity contribution in [1.82, 2.24) is 9.88 Å². The number of aliphatic carboxylic acids is 1. The summed E-state index contributed by atoms with van der Waals surface area (Å²) < 4.78 is 0. The molecule has 1 aromatic heterocycles. The molecule has 0 radical (unpaired) electrons. The number of carbonyl (C=O) groups is 2. The number of carbonyl (C=O) groups excluding carboxylic acids is 1. The minimum absolute atomic E-state index is 0.162. The average molecular weight is 380 g/mol. The molecule has 0 spiro atoms. The second-order valence-electron chi connectivity index (χ2n) is 8.20. The van der Waals surface area contributed by atoms with Crippen LogP contribution in [-0.4, -0.2) is 40.1 Å². The first-order chi connectivity index (χ1) is 12.3. The van der Waals surface area contributed by atoms with E-state index in [4.69, 9.17) is 5.11 Å². The largest absolute Gasteiger partial charge is 0.481 e. The molecule has 0 saturated carbocycles. The van der Waals surface area contributed by atoms with Gasteiger partial charge in [0.25, 0.3) is 0 Å². The number of thiazole rings is 1.